The number of benzene rings is 1. The first kappa shape index (κ1) is 13.1. The van der Waals surface area contributed by atoms with E-state index >= 15 is 0 Å². The van der Waals surface area contributed by atoms with E-state index in [4.69, 9.17) is 0 Å². The molecular formula is C14H15N3O2S. The Morgan fingerprint density at radius 2 is 1.95 bits per heavy atom. The molecule has 5 nitrogen and oxygen atoms in total. The summed E-state index contributed by atoms with van der Waals surface area (Å²) in [7, 11) is 0. The molecule has 0 aliphatic carbocycles. The minimum Gasteiger partial charge on any atom is -0.322 e. The molecule has 0 bridgehead atoms. The van der Waals surface area contributed by atoms with Crippen LogP contribution in [0.5, 0.6) is 0 Å². The Labute approximate surface area is 120 Å². The van der Waals surface area contributed by atoms with Gasteiger partial charge in [-0.2, -0.15) is 0 Å². The summed E-state index contributed by atoms with van der Waals surface area (Å²) in [5.41, 5.74) is 0. The summed E-state index contributed by atoms with van der Waals surface area (Å²) in [6.45, 7) is 2.80. The molecule has 1 aliphatic rings. The highest BCUT2D eigenvalue weighted by atomic mass is 32.1. The third kappa shape index (κ3) is 2.66. The van der Waals surface area contributed by atoms with Crippen molar-refractivity contribution in [1.29, 1.82) is 0 Å². The van der Waals surface area contributed by atoms with Gasteiger partial charge in [-0.15, -0.1) is 11.3 Å². The van der Waals surface area contributed by atoms with Crippen LogP contribution in [0, 0.1) is 0 Å². The first-order valence-corrected chi connectivity index (χ1v) is 7.35. The number of hydrogen-bond acceptors (Lipinski definition) is 4. The average molecular weight is 289 g/mol. The van der Waals surface area contributed by atoms with E-state index in [0.717, 1.165) is 23.2 Å². The predicted molar refractivity (Wildman–Crippen MR) is 79.1 cm³/mol. The van der Waals surface area contributed by atoms with E-state index in [2.05, 4.69) is 10.6 Å². The minimum atomic E-state index is -0.324. The highest BCUT2D eigenvalue weighted by Crippen LogP contribution is 2.25. The van der Waals surface area contributed by atoms with Crippen LogP contribution < -0.4 is 10.6 Å². The summed E-state index contributed by atoms with van der Waals surface area (Å²) in [5.74, 6) is -0.324. The lowest BCUT2D eigenvalue weighted by atomic mass is 10.2. The molecule has 0 atom stereocenters. The molecule has 3 rings (SSSR count). The first-order chi connectivity index (χ1) is 9.74. The van der Waals surface area contributed by atoms with Gasteiger partial charge in [-0.1, -0.05) is 18.2 Å². The van der Waals surface area contributed by atoms with Crippen molar-refractivity contribution in [1.82, 2.24) is 15.5 Å². The van der Waals surface area contributed by atoms with Crippen LogP contribution in [0.25, 0.3) is 10.1 Å². The van der Waals surface area contributed by atoms with Crippen LogP contribution in [0.4, 0.5) is 4.79 Å². The molecule has 1 aromatic heterocycles. The van der Waals surface area contributed by atoms with E-state index in [0.29, 0.717) is 18.0 Å². The molecule has 1 aliphatic heterocycles. The monoisotopic (exact) mass is 289 g/mol. The summed E-state index contributed by atoms with van der Waals surface area (Å²) >= 11 is 1.40. The van der Waals surface area contributed by atoms with Crippen LogP contribution in [0.3, 0.4) is 0 Å². The number of piperazine rings is 1. The van der Waals surface area contributed by atoms with E-state index in [-0.39, 0.29) is 11.9 Å². The summed E-state index contributed by atoms with van der Waals surface area (Å²) in [6, 6.07) is 9.30. The van der Waals surface area contributed by atoms with Crippen LogP contribution in [0.15, 0.2) is 30.3 Å². The molecule has 20 heavy (non-hydrogen) atoms. The number of thiophene rings is 1. The summed E-state index contributed by atoms with van der Waals surface area (Å²) < 4.78 is 1.05. The van der Waals surface area contributed by atoms with Crippen LogP contribution in [-0.4, -0.2) is 43.0 Å². The van der Waals surface area contributed by atoms with Crippen LogP contribution >= 0.6 is 11.3 Å². The molecule has 0 spiro atoms. The van der Waals surface area contributed by atoms with Gasteiger partial charge in [0.25, 0.3) is 5.91 Å². The lowest BCUT2D eigenvalue weighted by molar-refractivity contribution is 0.0954. The summed E-state index contributed by atoms with van der Waals surface area (Å²) in [4.78, 5) is 26.3. The second-order valence-corrected chi connectivity index (χ2v) is 5.73. The zero-order valence-electron chi connectivity index (χ0n) is 10.9. The van der Waals surface area contributed by atoms with Gasteiger partial charge in [-0.25, -0.2) is 4.79 Å². The minimum absolute atomic E-state index is 0.311. The van der Waals surface area contributed by atoms with E-state index < -0.39 is 0 Å². The smallest absolute Gasteiger partial charge is 0.322 e. The van der Waals surface area contributed by atoms with Crippen LogP contribution in [-0.2, 0) is 0 Å². The van der Waals surface area contributed by atoms with Crippen molar-refractivity contribution in [3.8, 4) is 0 Å². The van der Waals surface area contributed by atoms with Gasteiger partial charge in [-0.05, 0) is 17.5 Å². The van der Waals surface area contributed by atoms with Gasteiger partial charge in [0.1, 0.15) is 0 Å². The molecule has 1 fully saturated rings. The van der Waals surface area contributed by atoms with Gasteiger partial charge in [0, 0.05) is 30.9 Å². The Morgan fingerprint density at radius 1 is 1.20 bits per heavy atom. The molecule has 104 valence electrons. The molecule has 6 heteroatoms. The Kier molecular flexibility index (Phi) is 3.66. The van der Waals surface area contributed by atoms with E-state index in [1.165, 1.54) is 11.3 Å². The van der Waals surface area contributed by atoms with E-state index in [1.54, 1.807) is 4.90 Å². The number of nitrogens with zero attached hydrogens (tertiary/aromatic N) is 1. The van der Waals surface area contributed by atoms with E-state index in [1.807, 2.05) is 30.3 Å². The number of imide groups is 1. The average Bonchev–Trinajstić information content (AvgIpc) is 2.92. The molecule has 0 unspecified atom stereocenters. The summed E-state index contributed by atoms with van der Waals surface area (Å²) in [5, 5.41) is 6.65. The van der Waals surface area contributed by atoms with Gasteiger partial charge in [0.15, 0.2) is 0 Å². The second-order valence-electron chi connectivity index (χ2n) is 4.64. The van der Waals surface area contributed by atoms with Crippen LogP contribution in [0.2, 0.25) is 0 Å². The lowest BCUT2D eigenvalue weighted by Gasteiger charge is -2.26. The topological polar surface area (TPSA) is 61.4 Å². The number of hydrogen-bond donors (Lipinski definition) is 2. The third-order valence-electron chi connectivity index (χ3n) is 3.27. The maximum atomic E-state index is 12.1. The highest BCUT2D eigenvalue weighted by Gasteiger charge is 2.19. The normalized spacial score (nSPS) is 15.3. The number of rotatable bonds is 1. The second kappa shape index (κ2) is 5.60. The van der Waals surface area contributed by atoms with Crippen molar-refractivity contribution >= 4 is 33.4 Å². The number of carbonyl (C=O) groups excluding carboxylic acids is 2. The van der Waals surface area contributed by atoms with E-state index in [9.17, 15) is 9.59 Å². The Hall–Kier alpha value is -1.92. The standard InChI is InChI=1S/C14H15N3O2S/c18-13(16-14(19)17-7-5-15-6-8-17)12-9-10-3-1-2-4-11(10)20-12/h1-4,9,15H,5-8H2,(H,16,18,19). The van der Waals surface area contributed by atoms with Gasteiger partial charge < -0.3 is 10.2 Å². The molecule has 2 aromatic rings. The first-order valence-electron chi connectivity index (χ1n) is 6.53. The van der Waals surface area contributed by atoms with Crippen molar-refractivity contribution in [3.63, 3.8) is 0 Å². The predicted octanol–water partition coefficient (Wildman–Crippen LogP) is 1.66. The number of urea groups is 1. The number of nitrogens with one attached hydrogen (secondary N) is 2. The van der Waals surface area contributed by atoms with Crippen molar-refractivity contribution in [3.05, 3.63) is 35.2 Å². The number of fused-ring (bicyclic) bond motifs is 1. The number of carbonyl (C=O) groups is 2. The zero-order chi connectivity index (χ0) is 13.9. The summed E-state index contributed by atoms with van der Waals surface area (Å²) in [6.07, 6.45) is 0. The molecule has 2 heterocycles. The zero-order valence-corrected chi connectivity index (χ0v) is 11.7. The fourth-order valence-corrected chi connectivity index (χ4v) is 3.16. The lowest BCUT2D eigenvalue weighted by Crippen LogP contribution is -2.51. The molecule has 0 radical (unpaired) electrons. The maximum absolute atomic E-state index is 12.1. The van der Waals surface area contributed by atoms with Crippen molar-refractivity contribution in [2.75, 3.05) is 26.2 Å². The maximum Gasteiger partial charge on any atom is 0.324 e. The molecule has 1 aromatic carbocycles. The molecular weight excluding hydrogens is 274 g/mol. The highest BCUT2D eigenvalue weighted by molar-refractivity contribution is 7.20. The van der Waals surface area contributed by atoms with Crippen molar-refractivity contribution < 1.29 is 9.59 Å². The van der Waals surface area contributed by atoms with Gasteiger partial charge >= 0.3 is 6.03 Å². The fraction of sp³-hybridized carbons (Fsp3) is 0.286. The Bertz CT molecular complexity index is 614. The fourth-order valence-electron chi connectivity index (χ4n) is 2.20. The number of amides is 3. The molecule has 0 saturated carbocycles. The quantitative estimate of drug-likeness (QED) is 0.839. The molecule has 1 saturated heterocycles. The SMILES string of the molecule is O=C(NC(=O)N1CCNCC1)c1cc2ccccc2s1. The molecule has 3 amide bonds. The molecule has 2 N–H and O–H groups in total. The van der Waals surface area contributed by atoms with Crippen molar-refractivity contribution in [2.45, 2.75) is 0 Å². The Balaban J connectivity index is 1.70. The van der Waals surface area contributed by atoms with Crippen molar-refractivity contribution in [2.24, 2.45) is 0 Å². The van der Waals surface area contributed by atoms with Gasteiger partial charge in [0.2, 0.25) is 0 Å². The van der Waals surface area contributed by atoms with Gasteiger partial charge in [-0.3, -0.25) is 10.1 Å². The third-order valence-corrected chi connectivity index (χ3v) is 4.39. The van der Waals surface area contributed by atoms with Crippen LogP contribution in [0.1, 0.15) is 9.67 Å². The largest absolute Gasteiger partial charge is 0.324 e. The van der Waals surface area contributed by atoms with Gasteiger partial charge in [0.05, 0.1) is 4.88 Å². The Morgan fingerprint density at radius 3 is 2.70 bits per heavy atom.